The molecule has 2 fully saturated rings. The number of morpholine rings is 1. The number of hydrogen-bond acceptors (Lipinski definition) is 7. The van der Waals surface area contributed by atoms with E-state index in [0.29, 0.717) is 18.8 Å². The van der Waals surface area contributed by atoms with Gasteiger partial charge >= 0.3 is 5.69 Å². The van der Waals surface area contributed by atoms with Gasteiger partial charge in [0.1, 0.15) is 18.9 Å². The summed E-state index contributed by atoms with van der Waals surface area (Å²) in [5, 5.41) is 0. The average Bonchev–Trinajstić information content (AvgIpc) is 3.34. The Morgan fingerprint density at radius 1 is 1.00 bits per heavy atom. The molecule has 0 radical (unpaired) electrons. The summed E-state index contributed by atoms with van der Waals surface area (Å²) in [6.45, 7) is 6.83. The van der Waals surface area contributed by atoms with Crippen molar-refractivity contribution >= 4 is 5.91 Å². The monoisotopic (exact) mass is 529 g/mol. The minimum Gasteiger partial charge on any atom is -0.378 e. The van der Waals surface area contributed by atoms with E-state index in [1.165, 1.54) is 10.8 Å². The van der Waals surface area contributed by atoms with Crippen LogP contribution in [-0.4, -0.2) is 64.6 Å². The molecular weight excluding hydrogens is 490 g/mol. The first-order valence-electron chi connectivity index (χ1n) is 13.4. The maximum absolute atomic E-state index is 13.6. The van der Waals surface area contributed by atoms with E-state index in [0.717, 1.165) is 35.8 Å². The number of benzene rings is 1. The summed E-state index contributed by atoms with van der Waals surface area (Å²) in [5.74, 6) is -0.221. The molecule has 1 aromatic carbocycles. The lowest BCUT2D eigenvalue weighted by Crippen LogP contribution is -2.54. The van der Waals surface area contributed by atoms with Gasteiger partial charge in [-0.1, -0.05) is 57.0 Å². The van der Waals surface area contributed by atoms with Crippen molar-refractivity contribution in [3.63, 3.8) is 0 Å². The number of carbonyl (C=O) groups is 1. The molecule has 2 aromatic rings. The number of carbonyl (C=O) groups excluding carboxylic acids is 1. The fraction of sp³-hybridized carbons (Fsp3) is 0.607. The number of aryl methyl sites for hydroxylation is 1. The van der Waals surface area contributed by atoms with Crippen LogP contribution in [0.4, 0.5) is 0 Å². The molecule has 0 spiro atoms. The molecule has 10 nitrogen and oxygen atoms in total. The van der Waals surface area contributed by atoms with Gasteiger partial charge in [-0.3, -0.25) is 14.2 Å². The highest BCUT2D eigenvalue weighted by Crippen LogP contribution is 2.48. The summed E-state index contributed by atoms with van der Waals surface area (Å²) in [4.78, 5) is 41.5. The summed E-state index contributed by atoms with van der Waals surface area (Å²) in [6, 6.07) is 8.97. The highest BCUT2D eigenvalue weighted by molar-refractivity contribution is 5.90. The van der Waals surface area contributed by atoms with Gasteiger partial charge in [-0.15, -0.1) is 0 Å². The number of ether oxygens (including phenoxy) is 4. The van der Waals surface area contributed by atoms with E-state index in [-0.39, 0.29) is 25.9 Å². The van der Waals surface area contributed by atoms with Crippen LogP contribution >= 0.6 is 0 Å². The first-order chi connectivity index (χ1) is 18.4. The number of likely N-dealkylation sites (tertiary alicyclic amines) is 1. The molecule has 1 aromatic heterocycles. The normalized spacial score (nSPS) is 24.5. The molecule has 0 saturated carbocycles. The van der Waals surface area contributed by atoms with Crippen LogP contribution in [0.2, 0.25) is 0 Å². The van der Waals surface area contributed by atoms with E-state index in [9.17, 15) is 14.4 Å². The number of aromatic nitrogens is 2. The summed E-state index contributed by atoms with van der Waals surface area (Å²) in [5.41, 5.74) is -1.06. The molecule has 2 bridgehead atoms. The van der Waals surface area contributed by atoms with E-state index in [4.69, 9.17) is 18.9 Å². The quantitative estimate of drug-likeness (QED) is 0.347. The van der Waals surface area contributed by atoms with Crippen LogP contribution in [0.3, 0.4) is 0 Å². The van der Waals surface area contributed by atoms with Gasteiger partial charge in [0.25, 0.3) is 11.5 Å². The topological polar surface area (TPSA) is 101 Å². The first kappa shape index (κ1) is 28.2. The number of amides is 1. The first-order valence-corrected chi connectivity index (χ1v) is 13.4. The van der Waals surface area contributed by atoms with Gasteiger partial charge in [-0.2, -0.15) is 0 Å². The van der Waals surface area contributed by atoms with Crippen molar-refractivity contribution in [1.82, 2.24) is 14.0 Å². The molecule has 1 amide bonds. The number of likely N-dealkylation sites (N-methyl/N-ethyl adjacent to an activating group) is 1. The lowest BCUT2D eigenvalue weighted by Gasteiger charge is -2.35. The van der Waals surface area contributed by atoms with Gasteiger partial charge in [0.15, 0.2) is 6.23 Å². The largest absolute Gasteiger partial charge is 0.378 e. The minimum atomic E-state index is -1.36. The molecule has 2 saturated heterocycles. The lowest BCUT2D eigenvalue weighted by molar-refractivity contribution is -0.188. The summed E-state index contributed by atoms with van der Waals surface area (Å²) in [7, 11) is 1.70. The predicted molar refractivity (Wildman–Crippen MR) is 141 cm³/mol. The zero-order valence-electron chi connectivity index (χ0n) is 22.8. The highest BCUT2D eigenvalue weighted by Gasteiger charge is 2.70. The number of nitrogens with zero attached hydrogens (tertiary/aromatic N) is 3. The molecule has 38 heavy (non-hydrogen) atoms. The molecule has 2 aliphatic rings. The molecule has 0 N–H and O–H groups in total. The van der Waals surface area contributed by atoms with Gasteiger partial charge in [0, 0.05) is 32.0 Å². The van der Waals surface area contributed by atoms with Crippen LogP contribution in [0.5, 0.6) is 0 Å². The number of fused-ring (bicyclic) bond motifs is 2. The van der Waals surface area contributed by atoms with Crippen molar-refractivity contribution in [2.75, 3.05) is 26.9 Å². The summed E-state index contributed by atoms with van der Waals surface area (Å²) < 4.78 is 26.7. The maximum Gasteiger partial charge on any atom is 0.335 e. The molecule has 10 heteroatoms. The molecule has 208 valence electrons. The van der Waals surface area contributed by atoms with Crippen molar-refractivity contribution in [1.29, 1.82) is 0 Å². The number of rotatable bonds is 14. The lowest BCUT2D eigenvalue weighted by atomic mass is 9.99. The fourth-order valence-electron chi connectivity index (χ4n) is 5.12. The third-order valence-corrected chi connectivity index (χ3v) is 7.25. The van der Waals surface area contributed by atoms with Gasteiger partial charge in [-0.25, -0.2) is 9.36 Å². The Kier molecular flexibility index (Phi) is 9.19. The Morgan fingerprint density at radius 3 is 2.42 bits per heavy atom. The molecular formula is C28H39N3O7. The van der Waals surface area contributed by atoms with E-state index in [1.807, 2.05) is 30.3 Å². The Labute approximate surface area is 223 Å². The SMILES string of the molecule is CCCCOC[C@]12O[C@@H](n3cc(C)c(=O)n(COCc4ccccc4)c3=O)[C@H](C1OCCCC)N(C)C2=O. The molecule has 4 atom stereocenters. The van der Waals surface area contributed by atoms with Crippen molar-refractivity contribution in [3.05, 3.63) is 68.5 Å². The van der Waals surface area contributed by atoms with Crippen LogP contribution in [0.15, 0.2) is 46.1 Å². The average molecular weight is 530 g/mol. The van der Waals surface area contributed by atoms with Crippen molar-refractivity contribution in [3.8, 4) is 0 Å². The van der Waals surface area contributed by atoms with Crippen LogP contribution < -0.4 is 11.2 Å². The molecule has 4 rings (SSSR count). The zero-order chi connectivity index (χ0) is 27.3. The van der Waals surface area contributed by atoms with Crippen LogP contribution in [0.25, 0.3) is 0 Å². The van der Waals surface area contributed by atoms with Crippen LogP contribution in [0, 0.1) is 6.92 Å². The highest BCUT2D eigenvalue weighted by atomic mass is 16.6. The zero-order valence-corrected chi connectivity index (χ0v) is 22.8. The van der Waals surface area contributed by atoms with Crippen LogP contribution in [0.1, 0.15) is 56.9 Å². The summed E-state index contributed by atoms with van der Waals surface area (Å²) >= 11 is 0. The van der Waals surface area contributed by atoms with Gasteiger partial charge in [0.05, 0.1) is 13.2 Å². The number of unbranched alkanes of at least 4 members (excludes halogenated alkanes) is 2. The van der Waals surface area contributed by atoms with E-state index >= 15 is 0 Å². The van der Waals surface area contributed by atoms with Gasteiger partial charge in [-0.05, 0) is 25.3 Å². The second-order valence-electron chi connectivity index (χ2n) is 10.1. The molecule has 1 unspecified atom stereocenters. The fourth-order valence-corrected chi connectivity index (χ4v) is 5.12. The van der Waals surface area contributed by atoms with E-state index in [2.05, 4.69) is 13.8 Å². The van der Waals surface area contributed by atoms with Crippen molar-refractivity contribution in [2.45, 2.75) is 83.8 Å². The Morgan fingerprint density at radius 2 is 1.71 bits per heavy atom. The third-order valence-electron chi connectivity index (χ3n) is 7.25. The maximum atomic E-state index is 13.6. The third kappa shape index (κ3) is 5.36. The summed E-state index contributed by atoms with van der Waals surface area (Å²) in [6.07, 6.45) is 3.65. The van der Waals surface area contributed by atoms with Gasteiger partial charge in [0.2, 0.25) is 5.60 Å². The predicted octanol–water partition coefficient (Wildman–Crippen LogP) is 2.60. The molecule has 2 aliphatic heterocycles. The molecule has 3 heterocycles. The molecule has 0 aliphatic carbocycles. The minimum absolute atomic E-state index is 0.0352. The standard InChI is InChI=1S/C28H39N3O7/c1-5-7-14-35-18-28-23(37-15-8-6-2)22(29(4)26(28)33)25(38-28)30-16-20(3)24(32)31(27(30)34)19-36-17-21-12-10-9-11-13-21/h9-13,16,22-23,25H,5-8,14-15,17-19H2,1-4H3/t22-,23?,25+,28-/m0/s1. The second-order valence-corrected chi connectivity index (χ2v) is 10.1. The van der Waals surface area contributed by atoms with Crippen LogP contribution in [-0.2, 0) is 37.1 Å². The Bertz CT molecular complexity index is 1210. The van der Waals surface area contributed by atoms with Crippen molar-refractivity contribution in [2.24, 2.45) is 0 Å². The smallest absolute Gasteiger partial charge is 0.335 e. The Hall–Kier alpha value is -2.79. The Balaban J connectivity index is 1.64. The van der Waals surface area contributed by atoms with Gasteiger partial charge < -0.3 is 23.8 Å². The number of hydrogen-bond donors (Lipinski definition) is 0. The van der Waals surface area contributed by atoms with E-state index in [1.54, 1.807) is 18.9 Å². The second kappa shape index (κ2) is 12.4. The van der Waals surface area contributed by atoms with E-state index < -0.39 is 35.2 Å². The van der Waals surface area contributed by atoms with Crippen molar-refractivity contribution < 1.29 is 23.7 Å².